The summed E-state index contributed by atoms with van der Waals surface area (Å²) in [5.41, 5.74) is 2.08. The maximum atomic E-state index is 12.7. The molecule has 2 heterocycles. The third-order valence-corrected chi connectivity index (χ3v) is 4.78. The van der Waals surface area contributed by atoms with Crippen molar-refractivity contribution in [2.75, 3.05) is 27.2 Å². The van der Waals surface area contributed by atoms with Crippen LogP contribution < -0.4 is 5.32 Å². The minimum atomic E-state index is -0.146. The number of amides is 1. The largest absolute Gasteiger partial charge is 0.349 e. The number of carbonyl (C=O) groups is 1. The van der Waals surface area contributed by atoms with Crippen LogP contribution in [0.5, 0.6) is 0 Å². The van der Waals surface area contributed by atoms with Crippen molar-refractivity contribution in [3.8, 4) is 16.3 Å². The van der Waals surface area contributed by atoms with E-state index in [0.29, 0.717) is 17.3 Å². The molecule has 2 aromatic heterocycles. The quantitative estimate of drug-likeness (QED) is 0.717. The van der Waals surface area contributed by atoms with Crippen LogP contribution >= 0.6 is 22.9 Å². The van der Waals surface area contributed by atoms with E-state index in [1.54, 1.807) is 28.2 Å². The van der Waals surface area contributed by atoms with E-state index in [1.807, 2.05) is 54.7 Å². The van der Waals surface area contributed by atoms with Crippen molar-refractivity contribution in [2.45, 2.75) is 0 Å². The number of aromatic nitrogens is 2. The fourth-order valence-corrected chi connectivity index (χ4v) is 3.16. The van der Waals surface area contributed by atoms with E-state index < -0.39 is 0 Å². The predicted octanol–water partition coefficient (Wildman–Crippen LogP) is 3.55. The normalized spacial score (nSPS) is 11.0. The molecule has 0 fully saturated rings. The van der Waals surface area contributed by atoms with Crippen molar-refractivity contribution >= 4 is 28.8 Å². The summed E-state index contributed by atoms with van der Waals surface area (Å²) >= 11 is 7.57. The Morgan fingerprint density at radius 2 is 2.04 bits per heavy atom. The van der Waals surface area contributed by atoms with E-state index in [4.69, 9.17) is 11.6 Å². The Balaban J connectivity index is 1.94. The first-order valence-electron chi connectivity index (χ1n) is 7.87. The molecule has 0 saturated heterocycles. The van der Waals surface area contributed by atoms with Gasteiger partial charge in [-0.15, -0.1) is 11.3 Å². The van der Waals surface area contributed by atoms with Crippen LogP contribution in [0.1, 0.15) is 10.5 Å². The second-order valence-corrected chi connectivity index (χ2v) is 7.22. The van der Waals surface area contributed by atoms with Crippen LogP contribution in [0.3, 0.4) is 0 Å². The van der Waals surface area contributed by atoms with Gasteiger partial charge in [-0.3, -0.25) is 4.79 Å². The molecule has 0 aliphatic rings. The zero-order valence-corrected chi connectivity index (χ0v) is 15.6. The highest BCUT2D eigenvalue weighted by molar-refractivity contribution is 7.13. The lowest BCUT2D eigenvalue weighted by Crippen LogP contribution is -2.32. The van der Waals surface area contributed by atoms with Crippen molar-refractivity contribution in [3.05, 3.63) is 58.6 Å². The summed E-state index contributed by atoms with van der Waals surface area (Å²) in [6.45, 7) is 1.35. The van der Waals surface area contributed by atoms with Crippen molar-refractivity contribution in [2.24, 2.45) is 0 Å². The second kappa shape index (κ2) is 7.82. The van der Waals surface area contributed by atoms with Crippen LogP contribution in [-0.2, 0) is 0 Å². The first kappa shape index (κ1) is 17.7. The number of rotatable bonds is 6. The molecule has 0 bridgehead atoms. The molecule has 0 radical (unpaired) electrons. The number of hydrogen-bond donors (Lipinski definition) is 1. The summed E-state index contributed by atoms with van der Waals surface area (Å²) in [5.74, 6) is -0.146. The molecule has 0 saturated carbocycles. The van der Waals surface area contributed by atoms with Crippen LogP contribution in [0, 0.1) is 0 Å². The topological polar surface area (TPSA) is 50.2 Å². The summed E-state index contributed by atoms with van der Waals surface area (Å²) in [7, 11) is 3.94. The first-order valence-corrected chi connectivity index (χ1v) is 9.13. The molecular weight excluding hydrogens is 356 g/mol. The van der Waals surface area contributed by atoms with Crippen LogP contribution in [0.15, 0.2) is 47.8 Å². The van der Waals surface area contributed by atoms with E-state index in [0.717, 1.165) is 22.8 Å². The van der Waals surface area contributed by atoms with Crippen molar-refractivity contribution in [3.63, 3.8) is 0 Å². The monoisotopic (exact) mass is 374 g/mol. The van der Waals surface area contributed by atoms with E-state index in [1.165, 1.54) is 0 Å². The molecule has 0 spiro atoms. The average molecular weight is 375 g/mol. The van der Waals surface area contributed by atoms with Gasteiger partial charge in [0.2, 0.25) is 0 Å². The Kier molecular flexibility index (Phi) is 5.53. The van der Waals surface area contributed by atoms with Crippen molar-refractivity contribution < 1.29 is 4.79 Å². The SMILES string of the molecule is CN(C)CCNC(=O)c1cc(-c2cccs2)nn1-c1ccc(Cl)cc1. The maximum Gasteiger partial charge on any atom is 0.270 e. The second-order valence-electron chi connectivity index (χ2n) is 5.84. The molecule has 1 amide bonds. The zero-order valence-electron chi connectivity index (χ0n) is 14.1. The number of likely N-dealkylation sites (N-methyl/N-ethyl adjacent to an activating group) is 1. The van der Waals surface area contributed by atoms with Gasteiger partial charge in [-0.25, -0.2) is 4.68 Å². The number of benzene rings is 1. The van der Waals surface area contributed by atoms with E-state index in [9.17, 15) is 4.79 Å². The number of thiophene rings is 1. The molecule has 7 heteroatoms. The standard InChI is InChI=1S/C18H19ClN4OS/c1-22(2)10-9-20-18(24)16-12-15(17-4-3-11-25-17)21-23(16)14-7-5-13(19)6-8-14/h3-8,11-12H,9-10H2,1-2H3,(H,20,24). The number of nitrogens with one attached hydrogen (secondary N) is 1. The average Bonchev–Trinajstić information content (AvgIpc) is 3.24. The molecule has 3 rings (SSSR count). The highest BCUT2D eigenvalue weighted by atomic mass is 35.5. The van der Waals surface area contributed by atoms with Gasteiger partial charge in [0, 0.05) is 18.1 Å². The lowest BCUT2D eigenvalue weighted by Gasteiger charge is -2.11. The van der Waals surface area contributed by atoms with Crippen molar-refractivity contribution in [1.29, 1.82) is 0 Å². The third-order valence-electron chi connectivity index (χ3n) is 3.63. The van der Waals surface area contributed by atoms with Gasteiger partial charge in [0.15, 0.2) is 0 Å². The molecule has 25 heavy (non-hydrogen) atoms. The molecule has 0 unspecified atom stereocenters. The van der Waals surface area contributed by atoms with E-state index >= 15 is 0 Å². The number of hydrogen-bond acceptors (Lipinski definition) is 4. The first-order chi connectivity index (χ1) is 12.0. The molecule has 3 aromatic rings. The lowest BCUT2D eigenvalue weighted by molar-refractivity contribution is 0.0943. The molecule has 130 valence electrons. The smallest absolute Gasteiger partial charge is 0.270 e. The molecule has 0 aliphatic carbocycles. The fourth-order valence-electron chi connectivity index (χ4n) is 2.35. The molecule has 5 nitrogen and oxygen atoms in total. The Hall–Kier alpha value is -2.15. The Morgan fingerprint density at radius 3 is 2.68 bits per heavy atom. The van der Waals surface area contributed by atoms with Gasteiger partial charge in [0.05, 0.1) is 10.6 Å². The number of carbonyl (C=O) groups excluding carboxylic acids is 1. The van der Waals surface area contributed by atoms with Crippen molar-refractivity contribution in [1.82, 2.24) is 20.0 Å². The highest BCUT2D eigenvalue weighted by Crippen LogP contribution is 2.26. The van der Waals surface area contributed by atoms with Gasteiger partial charge < -0.3 is 10.2 Å². The number of nitrogens with zero attached hydrogens (tertiary/aromatic N) is 3. The van der Waals surface area contributed by atoms with E-state index in [2.05, 4.69) is 10.4 Å². The van der Waals surface area contributed by atoms with Gasteiger partial charge >= 0.3 is 0 Å². The molecular formula is C18H19ClN4OS. The Morgan fingerprint density at radius 1 is 1.28 bits per heavy atom. The molecule has 1 N–H and O–H groups in total. The van der Waals surface area contributed by atoms with Gasteiger partial charge in [-0.05, 0) is 55.9 Å². The summed E-state index contributed by atoms with van der Waals surface area (Å²) < 4.78 is 1.66. The summed E-state index contributed by atoms with van der Waals surface area (Å²) in [6, 6.07) is 13.1. The third kappa shape index (κ3) is 4.28. The highest BCUT2D eigenvalue weighted by Gasteiger charge is 2.18. The Bertz CT molecular complexity index is 841. The van der Waals surface area contributed by atoms with Crippen LogP contribution in [0.2, 0.25) is 5.02 Å². The lowest BCUT2D eigenvalue weighted by atomic mass is 10.3. The van der Waals surface area contributed by atoms with Crippen LogP contribution in [0.25, 0.3) is 16.3 Å². The van der Waals surface area contributed by atoms with Crippen LogP contribution in [-0.4, -0.2) is 47.8 Å². The minimum Gasteiger partial charge on any atom is -0.349 e. The molecule has 1 aromatic carbocycles. The summed E-state index contributed by atoms with van der Waals surface area (Å²) in [6.07, 6.45) is 0. The Labute approximate surface area is 155 Å². The molecule has 0 atom stereocenters. The minimum absolute atomic E-state index is 0.146. The summed E-state index contributed by atoms with van der Waals surface area (Å²) in [4.78, 5) is 15.7. The number of halogens is 1. The molecule has 0 aliphatic heterocycles. The predicted molar refractivity (Wildman–Crippen MR) is 103 cm³/mol. The summed E-state index contributed by atoms with van der Waals surface area (Å²) in [5, 5.41) is 10.2. The van der Waals surface area contributed by atoms with Gasteiger partial charge in [-0.1, -0.05) is 17.7 Å². The van der Waals surface area contributed by atoms with Crippen LogP contribution in [0.4, 0.5) is 0 Å². The van der Waals surface area contributed by atoms with E-state index in [-0.39, 0.29) is 5.91 Å². The zero-order chi connectivity index (χ0) is 17.8. The maximum absolute atomic E-state index is 12.7. The van der Waals surface area contributed by atoms with Gasteiger partial charge in [-0.2, -0.15) is 5.10 Å². The fraction of sp³-hybridized carbons (Fsp3) is 0.222. The van der Waals surface area contributed by atoms with Gasteiger partial charge in [0.1, 0.15) is 11.4 Å². The van der Waals surface area contributed by atoms with Gasteiger partial charge in [0.25, 0.3) is 5.91 Å².